The summed E-state index contributed by atoms with van der Waals surface area (Å²) in [7, 11) is 0. The van der Waals surface area contributed by atoms with Crippen LogP contribution in [0.1, 0.15) is 10.4 Å². The van der Waals surface area contributed by atoms with Crippen molar-refractivity contribution in [3.8, 4) is 5.69 Å². The lowest BCUT2D eigenvalue weighted by molar-refractivity contribution is 0.0747. The third-order valence-electron chi connectivity index (χ3n) is 4.68. The lowest BCUT2D eigenvalue weighted by Gasteiger charge is -2.37. The van der Waals surface area contributed by atoms with Gasteiger partial charge in [-0.1, -0.05) is 17.7 Å². The van der Waals surface area contributed by atoms with Gasteiger partial charge in [-0.2, -0.15) is 0 Å². The highest BCUT2D eigenvalue weighted by Crippen LogP contribution is 2.28. The van der Waals surface area contributed by atoms with E-state index in [-0.39, 0.29) is 5.91 Å². The van der Waals surface area contributed by atoms with Gasteiger partial charge >= 0.3 is 0 Å². The van der Waals surface area contributed by atoms with Gasteiger partial charge in [0.25, 0.3) is 5.91 Å². The van der Waals surface area contributed by atoms with Crippen LogP contribution in [-0.2, 0) is 0 Å². The molecule has 1 saturated heterocycles. The monoisotopic (exact) mass is 382 g/mol. The van der Waals surface area contributed by atoms with Crippen molar-refractivity contribution in [3.05, 3.63) is 65.7 Å². The van der Waals surface area contributed by atoms with Gasteiger partial charge in [0.2, 0.25) is 0 Å². The molecular formula is C19H19ClN6O. The largest absolute Gasteiger partial charge is 0.399 e. The van der Waals surface area contributed by atoms with Gasteiger partial charge in [-0.3, -0.25) is 9.36 Å². The molecule has 1 fully saturated rings. The number of nitrogens with zero attached hydrogens (tertiary/aromatic N) is 5. The Morgan fingerprint density at radius 2 is 1.70 bits per heavy atom. The molecule has 138 valence electrons. The maximum absolute atomic E-state index is 12.7. The number of amides is 1. The molecule has 1 aliphatic heterocycles. The molecular weight excluding hydrogens is 364 g/mol. The maximum atomic E-state index is 12.7. The van der Waals surface area contributed by atoms with Crippen LogP contribution in [0.25, 0.3) is 5.69 Å². The first-order valence-electron chi connectivity index (χ1n) is 8.66. The van der Waals surface area contributed by atoms with Crippen molar-refractivity contribution in [3.63, 3.8) is 0 Å². The van der Waals surface area contributed by atoms with E-state index in [9.17, 15) is 4.79 Å². The highest BCUT2D eigenvalue weighted by atomic mass is 35.5. The van der Waals surface area contributed by atoms with Crippen LogP contribution in [0.5, 0.6) is 0 Å². The summed E-state index contributed by atoms with van der Waals surface area (Å²) in [5.74, 6) is 0.00786. The van der Waals surface area contributed by atoms with Gasteiger partial charge in [0, 0.05) is 42.5 Å². The van der Waals surface area contributed by atoms with Crippen molar-refractivity contribution in [2.24, 2.45) is 0 Å². The number of benzene rings is 2. The summed E-state index contributed by atoms with van der Waals surface area (Å²) in [6, 6.07) is 12.9. The molecule has 2 heterocycles. The molecule has 0 atom stereocenters. The van der Waals surface area contributed by atoms with E-state index in [0.29, 0.717) is 29.4 Å². The van der Waals surface area contributed by atoms with Crippen LogP contribution in [0.15, 0.2) is 55.1 Å². The van der Waals surface area contributed by atoms with Crippen LogP contribution in [0.3, 0.4) is 0 Å². The molecule has 1 aliphatic rings. The van der Waals surface area contributed by atoms with E-state index in [2.05, 4.69) is 15.1 Å². The van der Waals surface area contributed by atoms with Gasteiger partial charge < -0.3 is 15.5 Å². The van der Waals surface area contributed by atoms with Crippen molar-refractivity contribution < 1.29 is 4.79 Å². The number of hydrogen-bond donors (Lipinski definition) is 1. The topological polar surface area (TPSA) is 80.3 Å². The number of carbonyl (C=O) groups is 1. The Morgan fingerprint density at radius 3 is 2.41 bits per heavy atom. The minimum atomic E-state index is 0.00786. The lowest BCUT2D eigenvalue weighted by Crippen LogP contribution is -2.49. The lowest BCUT2D eigenvalue weighted by atomic mass is 10.1. The summed E-state index contributed by atoms with van der Waals surface area (Å²) in [5.41, 5.74) is 9.23. The summed E-state index contributed by atoms with van der Waals surface area (Å²) in [6.07, 6.45) is 3.30. The van der Waals surface area contributed by atoms with E-state index in [4.69, 9.17) is 17.3 Å². The smallest absolute Gasteiger partial charge is 0.254 e. The summed E-state index contributed by atoms with van der Waals surface area (Å²) in [6.45, 7) is 2.73. The molecule has 8 heteroatoms. The second kappa shape index (κ2) is 7.28. The predicted molar refractivity (Wildman–Crippen MR) is 105 cm³/mol. The Kier molecular flexibility index (Phi) is 4.68. The quantitative estimate of drug-likeness (QED) is 0.704. The average Bonchev–Trinajstić information content (AvgIpc) is 3.22. The van der Waals surface area contributed by atoms with Crippen molar-refractivity contribution in [1.29, 1.82) is 0 Å². The van der Waals surface area contributed by atoms with Crippen molar-refractivity contribution >= 4 is 28.9 Å². The van der Waals surface area contributed by atoms with Gasteiger partial charge in [0.1, 0.15) is 12.7 Å². The van der Waals surface area contributed by atoms with E-state index in [1.165, 1.54) is 0 Å². The van der Waals surface area contributed by atoms with Crippen molar-refractivity contribution in [2.75, 3.05) is 36.8 Å². The number of halogens is 1. The first-order chi connectivity index (χ1) is 13.1. The highest BCUT2D eigenvalue weighted by Gasteiger charge is 2.24. The summed E-state index contributed by atoms with van der Waals surface area (Å²) in [5, 5.41) is 8.33. The zero-order valence-corrected chi connectivity index (χ0v) is 15.4. The molecule has 0 aliphatic carbocycles. The van der Waals surface area contributed by atoms with Gasteiger partial charge in [0.05, 0.1) is 11.4 Å². The van der Waals surface area contributed by atoms with E-state index in [1.807, 2.05) is 27.7 Å². The SMILES string of the molecule is Nc1ccc(N2CCN(C(=O)c3cccc(Cl)c3)CC2)c(-n2cnnc2)c1. The molecule has 0 spiro atoms. The fourth-order valence-electron chi connectivity index (χ4n) is 3.29. The zero-order valence-electron chi connectivity index (χ0n) is 14.6. The average molecular weight is 383 g/mol. The number of nitrogen functional groups attached to an aromatic ring is 1. The first kappa shape index (κ1) is 17.4. The minimum absolute atomic E-state index is 0.00786. The molecule has 2 N–H and O–H groups in total. The molecule has 3 aromatic rings. The van der Waals surface area contributed by atoms with E-state index >= 15 is 0 Å². The van der Waals surface area contributed by atoms with Crippen LogP contribution in [0.2, 0.25) is 5.02 Å². The number of piperazine rings is 1. The first-order valence-corrected chi connectivity index (χ1v) is 9.04. The predicted octanol–water partition coefficient (Wildman–Crippen LogP) is 2.47. The number of hydrogen-bond acceptors (Lipinski definition) is 5. The molecule has 0 bridgehead atoms. The standard InChI is InChI=1S/C19H19ClN6O/c20-15-3-1-2-14(10-15)19(27)25-8-6-24(7-9-25)17-5-4-16(21)11-18(17)26-12-22-23-13-26/h1-5,10-13H,6-9,21H2. The zero-order chi connectivity index (χ0) is 18.8. The number of nitrogens with two attached hydrogens (primary N) is 1. The van der Waals surface area contributed by atoms with Crippen LogP contribution in [-0.4, -0.2) is 51.8 Å². The third-order valence-corrected chi connectivity index (χ3v) is 4.91. The summed E-state index contributed by atoms with van der Waals surface area (Å²) in [4.78, 5) is 16.8. The van der Waals surface area contributed by atoms with Gasteiger partial charge in [-0.15, -0.1) is 10.2 Å². The van der Waals surface area contributed by atoms with Gasteiger partial charge in [-0.25, -0.2) is 0 Å². The fraction of sp³-hybridized carbons (Fsp3) is 0.211. The normalized spacial score (nSPS) is 14.4. The van der Waals surface area contributed by atoms with E-state index in [0.717, 1.165) is 24.5 Å². The highest BCUT2D eigenvalue weighted by molar-refractivity contribution is 6.30. The minimum Gasteiger partial charge on any atom is -0.399 e. The summed E-state index contributed by atoms with van der Waals surface area (Å²) >= 11 is 6.01. The van der Waals surface area contributed by atoms with Crippen LogP contribution in [0.4, 0.5) is 11.4 Å². The van der Waals surface area contributed by atoms with E-state index < -0.39 is 0 Å². The fourth-order valence-corrected chi connectivity index (χ4v) is 3.48. The molecule has 2 aromatic carbocycles. The number of anilines is 2. The van der Waals surface area contributed by atoms with Crippen molar-refractivity contribution in [1.82, 2.24) is 19.7 Å². The van der Waals surface area contributed by atoms with E-state index in [1.54, 1.807) is 36.9 Å². The number of rotatable bonds is 3. The van der Waals surface area contributed by atoms with Crippen LogP contribution in [0, 0.1) is 0 Å². The maximum Gasteiger partial charge on any atom is 0.254 e. The van der Waals surface area contributed by atoms with Gasteiger partial charge in [-0.05, 0) is 36.4 Å². The van der Waals surface area contributed by atoms with Crippen LogP contribution >= 0.6 is 11.6 Å². The molecule has 1 amide bonds. The Hall–Kier alpha value is -3.06. The van der Waals surface area contributed by atoms with Crippen LogP contribution < -0.4 is 10.6 Å². The number of aromatic nitrogens is 3. The number of carbonyl (C=O) groups excluding carboxylic acids is 1. The molecule has 0 saturated carbocycles. The molecule has 27 heavy (non-hydrogen) atoms. The Balaban J connectivity index is 1.51. The molecule has 4 rings (SSSR count). The van der Waals surface area contributed by atoms with Crippen molar-refractivity contribution in [2.45, 2.75) is 0 Å². The molecule has 7 nitrogen and oxygen atoms in total. The molecule has 0 radical (unpaired) electrons. The third kappa shape index (κ3) is 3.59. The second-order valence-corrected chi connectivity index (χ2v) is 6.84. The Labute approximate surface area is 162 Å². The molecule has 0 unspecified atom stereocenters. The Bertz CT molecular complexity index is 951. The summed E-state index contributed by atoms with van der Waals surface area (Å²) < 4.78 is 1.84. The Morgan fingerprint density at radius 1 is 0.963 bits per heavy atom. The second-order valence-electron chi connectivity index (χ2n) is 6.41. The van der Waals surface area contributed by atoms with Gasteiger partial charge in [0.15, 0.2) is 0 Å². The molecule has 1 aromatic heterocycles.